The van der Waals surface area contributed by atoms with Gasteiger partial charge in [0, 0.05) is 6.04 Å². The lowest BCUT2D eigenvalue weighted by molar-refractivity contribution is 0.217. The minimum absolute atomic E-state index is 0.456. The molecule has 0 aliphatic rings. The molecule has 1 rings (SSSR count). The fraction of sp³-hybridized carbons (Fsp3) is 0.600. The van der Waals surface area contributed by atoms with Gasteiger partial charge in [-0.25, -0.2) is 0 Å². The van der Waals surface area contributed by atoms with Crippen molar-refractivity contribution in [2.45, 2.75) is 33.2 Å². The highest BCUT2D eigenvalue weighted by Gasteiger charge is 2.21. The van der Waals surface area contributed by atoms with E-state index >= 15 is 0 Å². The second kappa shape index (κ2) is 6.18. The van der Waals surface area contributed by atoms with Crippen LogP contribution in [0.25, 0.3) is 0 Å². The summed E-state index contributed by atoms with van der Waals surface area (Å²) in [5, 5.41) is 0. The maximum absolute atomic E-state index is 5.68. The fourth-order valence-corrected chi connectivity index (χ4v) is 2.50. The van der Waals surface area contributed by atoms with Crippen LogP contribution < -0.4 is 5.73 Å². The molecule has 0 aromatic heterocycles. The van der Waals surface area contributed by atoms with Gasteiger partial charge in [-0.1, -0.05) is 25.1 Å². The average molecular weight is 234 g/mol. The summed E-state index contributed by atoms with van der Waals surface area (Å²) in [6.45, 7) is 7.38. The van der Waals surface area contributed by atoms with Crippen molar-refractivity contribution >= 4 is 0 Å². The van der Waals surface area contributed by atoms with Crippen LogP contribution in [-0.2, 0) is 0 Å². The van der Waals surface area contributed by atoms with E-state index in [1.54, 1.807) is 0 Å². The van der Waals surface area contributed by atoms with Crippen LogP contribution in [0, 0.1) is 19.8 Å². The van der Waals surface area contributed by atoms with Crippen LogP contribution in [0.1, 0.15) is 36.1 Å². The van der Waals surface area contributed by atoms with Gasteiger partial charge in [-0.05, 0) is 63.5 Å². The van der Waals surface area contributed by atoms with Crippen LogP contribution in [-0.4, -0.2) is 25.5 Å². The maximum Gasteiger partial charge on any atom is 0.0368 e. The molecule has 0 amide bonds. The van der Waals surface area contributed by atoms with Crippen molar-refractivity contribution in [2.24, 2.45) is 11.7 Å². The molecule has 96 valence electrons. The Morgan fingerprint density at radius 2 is 1.82 bits per heavy atom. The van der Waals surface area contributed by atoms with E-state index in [0.29, 0.717) is 12.0 Å². The summed E-state index contributed by atoms with van der Waals surface area (Å²) in [4.78, 5) is 2.30. The van der Waals surface area contributed by atoms with Gasteiger partial charge >= 0.3 is 0 Å². The Hall–Kier alpha value is -0.860. The number of hydrogen-bond donors (Lipinski definition) is 1. The number of aryl methyl sites for hydroxylation is 2. The Morgan fingerprint density at radius 1 is 1.18 bits per heavy atom. The summed E-state index contributed by atoms with van der Waals surface area (Å²) in [7, 11) is 4.29. The van der Waals surface area contributed by atoms with E-state index in [1.165, 1.54) is 16.7 Å². The molecule has 0 fully saturated rings. The number of nitrogens with two attached hydrogens (primary N) is 1. The summed E-state index contributed by atoms with van der Waals surface area (Å²) in [6, 6.07) is 7.24. The van der Waals surface area contributed by atoms with E-state index in [1.807, 2.05) is 0 Å². The fourth-order valence-electron chi connectivity index (χ4n) is 2.50. The second-order valence-electron chi connectivity index (χ2n) is 5.31. The van der Waals surface area contributed by atoms with Crippen molar-refractivity contribution in [1.29, 1.82) is 0 Å². The van der Waals surface area contributed by atoms with Crippen molar-refractivity contribution in [3.63, 3.8) is 0 Å². The van der Waals surface area contributed by atoms with Gasteiger partial charge in [-0.15, -0.1) is 0 Å². The van der Waals surface area contributed by atoms with Gasteiger partial charge in [0.05, 0.1) is 0 Å². The van der Waals surface area contributed by atoms with Gasteiger partial charge in [-0.2, -0.15) is 0 Å². The van der Waals surface area contributed by atoms with Crippen LogP contribution in [0.2, 0.25) is 0 Å². The van der Waals surface area contributed by atoms with Crippen molar-refractivity contribution < 1.29 is 0 Å². The van der Waals surface area contributed by atoms with Gasteiger partial charge < -0.3 is 10.6 Å². The number of rotatable bonds is 5. The third-order valence-electron chi connectivity index (χ3n) is 3.59. The Morgan fingerprint density at radius 3 is 2.29 bits per heavy atom. The highest BCUT2D eigenvalue weighted by molar-refractivity contribution is 5.32. The van der Waals surface area contributed by atoms with Crippen LogP contribution >= 0.6 is 0 Å². The molecule has 0 aliphatic heterocycles. The quantitative estimate of drug-likeness (QED) is 0.849. The number of nitrogens with zero attached hydrogens (tertiary/aromatic N) is 1. The second-order valence-corrected chi connectivity index (χ2v) is 5.31. The first-order valence-electron chi connectivity index (χ1n) is 6.41. The molecule has 2 atom stereocenters. The van der Waals surface area contributed by atoms with E-state index in [-0.39, 0.29) is 0 Å². The molecule has 0 saturated heterocycles. The van der Waals surface area contributed by atoms with Crippen LogP contribution in [0.15, 0.2) is 18.2 Å². The molecule has 2 unspecified atom stereocenters. The Labute approximate surface area is 106 Å². The monoisotopic (exact) mass is 234 g/mol. The number of hydrogen-bond acceptors (Lipinski definition) is 2. The van der Waals surface area contributed by atoms with E-state index in [9.17, 15) is 0 Å². The summed E-state index contributed by atoms with van der Waals surface area (Å²) >= 11 is 0. The number of benzene rings is 1. The lowest BCUT2D eigenvalue weighted by Crippen LogP contribution is -2.27. The molecule has 17 heavy (non-hydrogen) atoms. The Balaban J connectivity index is 3.01. The molecule has 0 saturated carbocycles. The summed E-state index contributed by atoms with van der Waals surface area (Å²) in [5.74, 6) is 0.581. The SMILES string of the molecule is Cc1ccc(C(C(C)CCN)N(C)C)cc1C. The lowest BCUT2D eigenvalue weighted by atomic mass is 9.89. The minimum atomic E-state index is 0.456. The molecule has 0 spiro atoms. The predicted octanol–water partition coefficient (Wildman–Crippen LogP) is 2.89. The van der Waals surface area contributed by atoms with Gasteiger partial charge in [0.1, 0.15) is 0 Å². The van der Waals surface area contributed by atoms with Gasteiger partial charge in [0.25, 0.3) is 0 Å². The Kier molecular flexibility index (Phi) is 5.16. The Bertz CT molecular complexity index is 358. The molecule has 0 aliphatic carbocycles. The molecular formula is C15H26N2. The van der Waals surface area contributed by atoms with E-state index in [0.717, 1.165) is 13.0 Å². The summed E-state index contributed by atoms with van der Waals surface area (Å²) in [6.07, 6.45) is 1.07. The van der Waals surface area contributed by atoms with Crippen molar-refractivity contribution in [2.75, 3.05) is 20.6 Å². The normalized spacial score (nSPS) is 15.0. The maximum atomic E-state index is 5.68. The van der Waals surface area contributed by atoms with Crippen LogP contribution in [0.5, 0.6) is 0 Å². The molecule has 2 nitrogen and oxygen atoms in total. The first kappa shape index (κ1) is 14.2. The van der Waals surface area contributed by atoms with E-state index in [2.05, 4.69) is 58.0 Å². The highest BCUT2D eigenvalue weighted by Crippen LogP contribution is 2.29. The molecule has 2 heteroatoms. The molecule has 2 N–H and O–H groups in total. The first-order valence-corrected chi connectivity index (χ1v) is 6.41. The minimum Gasteiger partial charge on any atom is -0.330 e. The molecule has 0 radical (unpaired) electrons. The third-order valence-corrected chi connectivity index (χ3v) is 3.59. The van der Waals surface area contributed by atoms with Crippen molar-refractivity contribution in [3.05, 3.63) is 34.9 Å². The van der Waals surface area contributed by atoms with E-state index in [4.69, 9.17) is 5.73 Å². The third kappa shape index (κ3) is 3.55. The zero-order valence-corrected chi connectivity index (χ0v) is 11.8. The van der Waals surface area contributed by atoms with Gasteiger partial charge in [0.2, 0.25) is 0 Å². The average Bonchev–Trinajstić information content (AvgIpc) is 2.23. The van der Waals surface area contributed by atoms with Gasteiger partial charge in [0.15, 0.2) is 0 Å². The molecule has 1 aromatic carbocycles. The lowest BCUT2D eigenvalue weighted by Gasteiger charge is -2.31. The molecule has 0 bridgehead atoms. The smallest absolute Gasteiger partial charge is 0.0368 e. The first-order chi connectivity index (χ1) is 7.97. The molecule has 1 aromatic rings. The molecular weight excluding hydrogens is 208 g/mol. The standard InChI is InChI=1S/C15H26N2/c1-11-6-7-14(10-13(11)3)15(17(4)5)12(2)8-9-16/h6-7,10,12,15H,8-9,16H2,1-5H3. The van der Waals surface area contributed by atoms with E-state index < -0.39 is 0 Å². The summed E-state index contributed by atoms with van der Waals surface area (Å²) in [5.41, 5.74) is 9.81. The van der Waals surface area contributed by atoms with Crippen molar-refractivity contribution in [3.8, 4) is 0 Å². The van der Waals surface area contributed by atoms with Crippen LogP contribution in [0.4, 0.5) is 0 Å². The zero-order valence-electron chi connectivity index (χ0n) is 11.8. The van der Waals surface area contributed by atoms with Gasteiger partial charge in [-0.3, -0.25) is 0 Å². The zero-order chi connectivity index (χ0) is 13.0. The van der Waals surface area contributed by atoms with Crippen molar-refractivity contribution in [1.82, 2.24) is 4.90 Å². The largest absolute Gasteiger partial charge is 0.330 e. The predicted molar refractivity (Wildman–Crippen MR) is 75.2 cm³/mol. The topological polar surface area (TPSA) is 29.3 Å². The highest BCUT2D eigenvalue weighted by atomic mass is 15.1. The van der Waals surface area contributed by atoms with Crippen LogP contribution in [0.3, 0.4) is 0 Å². The summed E-state index contributed by atoms with van der Waals surface area (Å²) < 4.78 is 0. The molecule has 0 heterocycles.